The van der Waals surface area contributed by atoms with Crippen LogP contribution in [0.3, 0.4) is 0 Å². The predicted octanol–water partition coefficient (Wildman–Crippen LogP) is 2.52. The van der Waals surface area contributed by atoms with Crippen LogP contribution in [0, 0.1) is 11.3 Å². The molecule has 0 spiro atoms. The molecule has 2 atom stereocenters. The summed E-state index contributed by atoms with van der Waals surface area (Å²) < 4.78 is 17.5. The van der Waals surface area contributed by atoms with E-state index in [0.29, 0.717) is 22.4 Å². The highest BCUT2D eigenvalue weighted by Crippen LogP contribution is 2.48. The molecule has 0 bridgehead atoms. The Balaban J connectivity index is 1.75. The number of H-pyrrole nitrogens is 1. The number of esters is 1. The third-order valence-electron chi connectivity index (χ3n) is 5.59. The van der Waals surface area contributed by atoms with Gasteiger partial charge in [0.25, 0.3) is 5.56 Å². The van der Waals surface area contributed by atoms with Gasteiger partial charge in [-0.3, -0.25) is 4.79 Å². The van der Waals surface area contributed by atoms with Crippen LogP contribution in [0.15, 0.2) is 65.5 Å². The third-order valence-corrected chi connectivity index (χ3v) is 5.59. The van der Waals surface area contributed by atoms with E-state index in [0.717, 1.165) is 0 Å². The number of fused-ring (bicyclic) bond motifs is 1. The van der Waals surface area contributed by atoms with Crippen molar-refractivity contribution < 1.29 is 24.1 Å². The molecule has 0 saturated heterocycles. The van der Waals surface area contributed by atoms with E-state index in [1.165, 1.54) is 18.2 Å². The maximum absolute atomic E-state index is 12.6. The largest absolute Gasteiger partial charge is 0.484 e. The van der Waals surface area contributed by atoms with Gasteiger partial charge in [-0.2, -0.15) is 5.26 Å². The Kier molecular flexibility index (Phi) is 5.62. The summed E-state index contributed by atoms with van der Waals surface area (Å²) >= 11 is 0. The van der Waals surface area contributed by atoms with Gasteiger partial charge < -0.3 is 19.3 Å². The van der Waals surface area contributed by atoms with Crippen LogP contribution in [0.2, 0.25) is 0 Å². The van der Waals surface area contributed by atoms with Crippen LogP contribution in [0.5, 0.6) is 11.6 Å². The molecule has 0 radical (unpaired) electrons. The van der Waals surface area contributed by atoms with Crippen molar-refractivity contribution in [2.45, 2.75) is 31.2 Å². The summed E-state index contributed by atoms with van der Waals surface area (Å²) in [7, 11) is 0. The van der Waals surface area contributed by atoms with Crippen molar-refractivity contribution in [2.75, 3.05) is 6.61 Å². The van der Waals surface area contributed by atoms with Gasteiger partial charge in [-0.05, 0) is 44.2 Å². The SMILES string of the molecule is CC1(C)Oc2ccc(C#N)cc2[C@@H](Oc2ccc(=O)[nH]n2)[C@@]1(O)COC(=O)c1ccccc1. The van der Waals surface area contributed by atoms with E-state index in [4.69, 9.17) is 14.2 Å². The molecular formula is C24H21N3O6. The number of aromatic amines is 1. The van der Waals surface area contributed by atoms with Crippen LogP contribution in [0.25, 0.3) is 0 Å². The first kappa shape index (κ1) is 22.0. The minimum absolute atomic E-state index is 0.0263. The number of carbonyl (C=O) groups is 1. The number of nitrogens with zero attached hydrogens (tertiary/aromatic N) is 2. The molecule has 1 aliphatic rings. The molecule has 1 aromatic heterocycles. The Hall–Kier alpha value is -4.16. The average molecular weight is 447 g/mol. The Labute approximate surface area is 189 Å². The molecule has 2 heterocycles. The summed E-state index contributed by atoms with van der Waals surface area (Å²) in [6.45, 7) is 2.81. The first-order valence-electron chi connectivity index (χ1n) is 10.1. The average Bonchev–Trinajstić information content (AvgIpc) is 2.82. The van der Waals surface area contributed by atoms with Crippen molar-refractivity contribution >= 4 is 5.97 Å². The molecule has 9 heteroatoms. The highest BCUT2D eigenvalue weighted by atomic mass is 16.6. The van der Waals surface area contributed by atoms with Gasteiger partial charge in [-0.1, -0.05) is 18.2 Å². The quantitative estimate of drug-likeness (QED) is 0.570. The van der Waals surface area contributed by atoms with Gasteiger partial charge in [0.1, 0.15) is 18.0 Å². The van der Waals surface area contributed by atoms with Gasteiger partial charge in [0.2, 0.25) is 5.88 Å². The minimum atomic E-state index is -1.89. The molecule has 2 N–H and O–H groups in total. The van der Waals surface area contributed by atoms with Crippen molar-refractivity contribution in [1.82, 2.24) is 10.2 Å². The first-order valence-corrected chi connectivity index (χ1v) is 10.1. The molecule has 2 aromatic carbocycles. The molecular weight excluding hydrogens is 426 g/mol. The summed E-state index contributed by atoms with van der Waals surface area (Å²) in [6, 6.07) is 17.7. The van der Waals surface area contributed by atoms with Crippen molar-refractivity contribution in [2.24, 2.45) is 0 Å². The standard InChI is InChI=1S/C24H21N3O6/c1-23(2)24(30,14-31-22(29)16-6-4-3-5-7-16)21(32-20-11-10-19(28)26-27-20)17-12-15(13-25)8-9-18(17)33-23/h3-12,21,30H,14H2,1-2H3,(H,26,28)/t21-,24+/m1/s1. The third kappa shape index (κ3) is 4.16. The zero-order chi connectivity index (χ0) is 23.6. The lowest BCUT2D eigenvalue weighted by Gasteiger charge is -2.49. The van der Waals surface area contributed by atoms with Crippen molar-refractivity contribution in [1.29, 1.82) is 5.26 Å². The maximum Gasteiger partial charge on any atom is 0.338 e. The number of rotatable bonds is 5. The number of hydrogen-bond donors (Lipinski definition) is 2. The second-order valence-corrected chi connectivity index (χ2v) is 8.10. The van der Waals surface area contributed by atoms with Gasteiger partial charge in [0, 0.05) is 17.7 Å². The second-order valence-electron chi connectivity index (χ2n) is 8.10. The first-order chi connectivity index (χ1) is 15.7. The molecule has 4 rings (SSSR count). The smallest absolute Gasteiger partial charge is 0.338 e. The highest BCUT2D eigenvalue weighted by molar-refractivity contribution is 5.89. The van der Waals surface area contributed by atoms with E-state index in [9.17, 15) is 20.0 Å². The van der Waals surface area contributed by atoms with Crippen molar-refractivity contribution in [3.8, 4) is 17.7 Å². The van der Waals surface area contributed by atoms with Crippen LogP contribution in [0.1, 0.15) is 41.4 Å². The Morgan fingerprint density at radius 1 is 1.21 bits per heavy atom. The monoisotopic (exact) mass is 447 g/mol. The van der Waals surface area contributed by atoms with Crippen LogP contribution < -0.4 is 15.0 Å². The molecule has 3 aromatic rings. The van der Waals surface area contributed by atoms with E-state index < -0.39 is 35.4 Å². The van der Waals surface area contributed by atoms with E-state index in [2.05, 4.69) is 10.2 Å². The van der Waals surface area contributed by atoms with Crippen LogP contribution in [0.4, 0.5) is 0 Å². The number of aliphatic hydroxyl groups is 1. The maximum atomic E-state index is 12.6. The predicted molar refractivity (Wildman–Crippen MR) is 116 cm³/mol. The summed E-state index contributed by atoms with van der Waals surface area (Å²) in [6.07, 6.45) is -1.15. The summed E-state index contributed by atoms with van der Waals surface area (Å²) in [5, 5.41) is 27.4. The minimum Gasteiger partial charge on any atom is -0.484 e. The number of ether oxygens (including phenoxy) is 3. The molecule has 0 fully saturated rings. The lowest BCUT2D eigenvalue weighted by molar-refractivity contribution is -0.204. The molecule has 0 saturated carbocycles. The zero-order valence-electron chi connectivity index (χ0n) is 17.9. The summed E-state index contributed by atoms with van der Waals surface area (Å²) in [4.78, 5) is 24.0. The van der Waals surface area contributed by atoms with Crippen LogP contribution in [-0.2, 0) is 4.74 Å². The van der Waals surface area contributed by atoms with E-state index in [1.807, 2.05) is 6.07 Å². The number of carbonyl (C=O) groups excluding carboxylic acids is 1. The van der Waals surface area contributed by atoms with Crippen molar-refractivity contribution in [3.63, 3.8) is 0 Å². The summed E-state index contributed by atoms with van der Waals surface area (Å²) in [5.41, 5.74) is -2.58. The molecule has 33 heavy (non-hydrogen) atoms. The lowest BCUT2D eigenvalue weighted by Crippen LogP contribution is -2.64. The number of nitriles is 1. The number of nitrogens with one attached hydrogen (secondary N) is 1. The Bertz CT molecular complexity index is 1260. The van der Waals surface area contributed by atoms with Crippen LogP contribution >= 0.6 is 0 Å². The van der Waals surface area contributed by atoms with Gasteiger partial charge in [-0.25, -0.2) is 9.89 Å². The molecule has 0 aliphatic carbocycles. The van der Waals surface area contributed by atoms with E-state index in [1.54, 1.807) is 56.3 Å². The molecule has 1 aliphatic heterocycles. The topological polar surface area (TPSA) is 135 Å². The highest BCUT2D eigenvalue weighted by Gasteiger charge is 2.58. The fraction of sp³-hybridized carbons (Fsp3) is 0.250. The molecule has 9 nitrogen and oxygen atoms in total. The Morgan fingerprint density at radius 2 is 1.97 bits per heavy atom. The summed E-state index contributed by atoms with van der Waals surface area (Å²) in [5.74, 6) is -0.205. The fourth-order valence-corrected chi connectivity index (χ4v) is 3.61. The van der Waals surface area contributed by atoms with Gasteiger partial charge in [-0.15, -0.1) is 5.10 Å². The second kappa shape index (κ2) is 8.41. The fourth-order valence-electron chi connectivity index (χ4n) is 3.61. The van der Waals surface area contributed by atoms with Crippen LogP contribution in [-0.4, -0.2) is 39.1 Å². The normalized spacial score (nSPS) is 20.6. The number of benzene rings is 2. The molecule has 0 amide bonds. The van der Waals surface area contributed by atoms with E-state index >= 15 is 0 Å². The van der Waals surface area contributed by atoms with Gasteiger partial charge >= 0.3 is 5.97 Å². The lowest BCUT2D eigenvalue weighted by atomic mass is 9.75. The molecule has 168 valence electrons. The van der Waals surface area contributed by atoms with Crippen molar-refractivity contribution in [3.05, 3.63) is 87.7 Å². The van der Waals surface area contributed by atoms with Gasteiger partial charge in [0.05, 0.1) is 17.2 Å². The Morgan fingerprint density at radius 3 is 2.64 bits per heavy atom. The van der Waals surface area contributed by atoms with Gasteiger partial charge in [0.15, 0.2) is 11.7 Å². The number of hydrogen-bond acceptors (Lipinski definition) is 8. The number of aromatic nitrogens is 2. The molecule has 0 unspecified atom stereocenters. The zero-order valence-corrected chi connectivity index (χ0v) is 17.9. The van der Waals surface area contributed by atoms with E-state index in [-0.39, 0.29) is 5.88 Å².